The number of carbonyl (C=O) groups excluding carboxylic acids is 1. The van der Waals surface area contributed by atoms with Crippen LogP contribution in [0.15, 0.2) is 45.7 Å². The third-order valence-electron chi connectivity index (χ3n) is 5.56. The fraction of sp³-hybridized carbons (Fsp3) is 0.348. The van der Waals surface area contributed by atoms with Crippen LogP contribution in [0.3, 0.4) is 0 Å². The van der Waals surface area contributed by atoms with Gasteiger partial charge in [0.1, 0.15) is 17.1 Å². The van der Waals surface area contributed by atoms with E-state index in [1.165, 1.54) is 31.8 Å². The smallest absolute Gasteiger partial charge is 0.262 e. The summed E-state index contributed by atoms with van der Waals surface area (Å²) in [5, 5.41) is 3.79. The molecule has 0 radical (unpaired) electrons. The second-order valence-electron chi connectivity index (χ2n) is 7.97. The average Bonchev–Trinajstić information content (AvgIpc) is 3.11. The Labute approximate surface area is 182 Å². The predicted molar refractivity (Wildman–Crippen MR) is 119 cm³/mol. The Morgan fingerprint density at radius 3 is 2.68 bits per heavy atom. The largest absolute Gasteiger partial charge is 0.484 e. The predicted octanol–water partition coefficient (Wildman–Crippen LogP) is 3.89. The van der Waals surface area contributed by atoms with Crippen molar-refractivity contribution in [1.29, 1.82) is 0 Å². The molecule has 0 saturated heterocycles. The van der Waals surface area contributed by atoms with Gasteiger partial charge in [0.2, 0.25) is 10.0 Å². The van der Waals surface area contributed by atoms with Gasteiger partial charge >= 0.3 is 0 Å². The first kappa shape index (κ1) is 21.4. The van der Waals surface area contributed by atoms with Gasteiger partial charge in [0.15, 0.2) is 6.61 Å². The number of carbonyl (C=O) groups is 1. The summed E-state index contributed by atoms with van der Waals surface area (Å²) in [5.41, 5.74) is 3.29. The summed E-state index contributed by atoms with van der Waals surface area (Å²) in [7, 11) is -0.653. The Morgan fingerprint density at radius 1 is 1.13 bits per heavy atom. The van der Waals surface area contributed by atoms with E-state index in [-0.39, 0.29) is 17.4 Å². The van der Waals surface area contributed by atoms with Gasteiger partial charge < -0.3 is 14.5 Å². The van der Waals surface area contributed by atoms with Crippen LogP contribution in [0.2, 0.25) is 0 Å². The summed E-state index contributed by atoms with van der Waals surface area (Å²) < 4.78 is 37.5. The number of rotatable bonds is 6. The van der Waals surface area contributed by atoms with Gasteiger partial charge in [-0.3, -0.25) is 4.79 Å². The van der Waals surface area contributed by atoms with Crippen LogP contribution in [0.1, 0.15) is 29.7 Å². The molecule has 2 aromatic carbocycles. The fourth-order valence-electron chi connectivity index (χ4n) is 3.77. The maximum absolute atomic E-state index is 12.5. The highest BCUT2D eigenvalue weighted by molar-refractivity contribution is 7.89. The van der Waals surface area contributed by atoms with Crippen LogP contribution in [0.25, 0.3) is 11.0 Å². The third-order valence-corrected chi connectivity index (χ3v) is 7.37. The van der Waals surface area contributed by atoms with Crippen molar-refractivity contribution in [2.24, 2.45) is 0 Å². The Morgan fingerprint density at radius 2 is 1.90 bits per heavy atom. The SMILES string of the molecule is Cc1ccc(S(=O)(=O)N(C)C)cc1NC(=O)COc1ccc2oc3c(c2c1)CCCC3. The molecule has 1 heterocycles. The van der Waals surface area contributed by atoms with Crippen molar-refractivity contribution in [1.82, 2.24) is 4.31 Å². The number of amides is 1. The number of hydrogen-bond acceptors (Lipinski definition) is 5. The van der Waals surface area contributed by atoms with Crippen LogP contribution in [-0.2, 0) is 27.7 Å². The molecule has 8 heteroatoms. The normalized spacial score (nSPS) is 13.9. The highest BCUT2D eigenvalue weighted by Gasteiger charge is 2.20. The maximum Gasteiger partial charge on any atom is 0.262 e. The van der Waals surface area contributed by atoms with Crippen LogP contribution in [-0.4, -0.2) is 39.3 Å². The van der Waals surface area contributed by atoms with E-state index in [4.69, 9.17) is 9.15 Å². The van der Waals surface area contributed by atoms with E-state index in [0.717, 1.165) is 52.3 Å². The van der Waals surface area contributed by atoms with E-state index >= 15 is 0 Å². The summed E-state index contributed by atoms with van der Waals surface area (Å²) in [4.78, 5) is 12.6. The summed E-state index contributed by atoms with van der Waals surface area (Å²) in [6.45, 7) is 1.62. The van der Waals surface area contributed by atoms with Crippen LogP contribution in [0.5, 0.6) is 5.75 Å². The lowest BCUT2D eigenvalue weighted by Gasteiger charge is -2.14. The Kier molecular flexibility index (Phi) is 5.77. The van der Waals surface area contributed by atoms with E-state index in [0.29, 0.717) is 11.4 Å². The van der Waals surface area contributed by atoms with E-state index < -0.39 is 10.0 Å². The number of furan rings is 1. The van der Waals surface area contributed by atoms with E-state index in [2.05, 4.69) is 5.32 Å². The number of anilines is 1. The van der Waals surface area contributed by atoms with Crippen molar-refractivity contribution in [2.75, 3.05) is 26.0 Å². The van der Waals surface area contributed by atoms with Crippen molar-refractivity contribution in [3.05, 3.63) is 53.3 Å². The van der Waals surface area contributed by atoms with Gasteiger partial charge in [0, 0.05) is 37.2 Å². The van der Waals surface area contributed by atoms with Gasteiger partial charge in [0.05, 0.1) is 4.90 Å². The second-order valence-corrected chi connectivity index (χ2v) is 10.1. The molecule has 0 spiro atoms. The minimum Gasteiger partial charge on any atom is -0.484 e. The van der Waals surface area contributed by atoms with Crippen molar-refractivity contribution in [3.63, 3.8) is 0 Å². The molecule has 1 aliphatic rings. The zero-order chi connectivity index (χ0) is 22.2. The molecule has 164 valence electrons. The van der Waals surface area contributed by atoms with Crippen LogP contribution >= 0.6 is 0 Å². The van der Waals surface area contributed by atoms with Crippen molar-refractivity contribution >= 4 is 32.6 Å². The number of aryl methyl sites for hydroxylation is 3. The Hall–Kier alpha value is -2.84. The quantitative estimate of drug-likeness (QED) is 0.626. The van der Waals surface area contributed by atoms with E-state index in [1.807, 2.05) is 12.1 Å². The molecular formula is C23H26N2O5S. The molecular weight excluding hydrogens is 416 g/mol. The molecule has 0 unspecified atom stereocenters. The Bertz CT molecular complexity index is 1240. The number of ether oxygens (including phenoxy) is 1. The molecule has 31 heavy (non-hydrogen) atoms. The summed E-state index contributed by atoms with van der Waals surface area (Å²) >= 11 is 0. The lowest BCUT2D eigenvalue weighted by Crippen LogP contribution is -2.23. The molecule has 4 rings (SSSR count). The molecule has 0 aliphatic heterocycles. The van der Waals surface area contributed by atoms with Crippen molar-refractivity contribution in [3.8, 4) is 5.75 Å². The molecule has 0 bridgehead atoms. The molecule has 1 aromatic heterocycles. The Balaban J connectivity index is 1.46. The highest BCUT2D eigenvalue weighted by atomic mass is 32.2. The van der Waals surface area contributed by atoms with Gasteiger partial charge in [-0.05, 0) is 62.1 Å². The van der Waals surface area contributed by atoms with Gasteiger partial charge in [0.25, 0.3) is 5.91 Å². The van der Waals surface area contributed by atoms with E-state index in [1.54, 1.807) is 19.1 Å². The third kappa shape index (κ3) is 4.31. The molecule has 0 saturated carbocycles. The number of nitrogens with one attached hydrogen (secondary N) is 1. The van der Waals surface area contributed by atoms with Crippen LogP contribution < -0.4 is 10.1 Å². The number of fused-ring (bicyclic) bond motifs is 3. The van der Waals surface area contributed by atoms with E-state index in [9.17, 15) is 13.2 Å². The zero-order valence-electron chi connectivity index (χ0n) is 17.9. The van der Waals surface area contributed by atoms with Crippen molar-refractivity contribution in [2.45, 2.75) is 37.5 Å². The number of nitrogens with zero attached hydrogens (tertiary/aromatic N) is 1. The number of sulfonamides is 1. The van der Waals surface area contributed by atoms with Gasteiger partial charge in [-0.1, -0.05) is 6.07 Å². The minimum absolute atomic E-state index is 0.120. The molecule has 7 nitrogen and oxygen atoms in total. The molecule has 3 aromatic rings. The molecule has 0 fully saturated rings. The first-order valence-electron chi connectivity index (χ1n) is 10.3. The lowest BCUT2D eigenvalue weighted by atomic mass is 9.96. The monoisotopic (exact) mass is 442 g/mol. The molecule has 1 N–H and O–H groups in total. The maximum atomic E-state index is 12.5. The van der Waals surface area contributed by atoms with Gasteiger partial charge in [-0.25, -0.2) is 12.7 Å². The molecule has 1 aliphatic carbocycles. The molecule has 1 amide bonds. The highest BCUT2D eigenvalue weighted by Crippen LogP contribution is 2.34. The van der Waals surface area contributed by atoms with Gasteiger partial charge in [-0.15, -0.1) is 0 Å². The zero-order valence-corrected chi connectivity index (χ0v) is 18.7. The summed E-state index contributed by atoms with van der Waals surface area (Å²) in [6.07, 6.45) is 4.26. The number of benzene rings is 2. The fourth-order valence-corrected chi connectivity index (χ4v) is 4.70. The average molecular weight is 443 g/mol. The summed E-state index contributed by atoms with van der Waals surface area (Å²) in [6, 6.07) is 10.2. The lowest BCUT2D eigenvalue weighted by molar-refractivity contribution is -0.118. The van der Waals surface area contributed by atoms with Crippen LogP contribution in [0.4, 0.5) is 5.69 Å². The van der Waals surface area contributed by atoms with Crippen molar-refractivity contribution < 1.29 is 22.4 Å². The topological polar surface area (TPSA) is 88.9 Å². The van der Waals surface area contributed by atoms with Gasteiger partial charge in [-0.2, -0.15) is 0 Å². The standard InChI is InChI=1S/C23H26N2O5S/c1-15-8-10-17(31(27,28)25(2)3)13-20(15)24-23(26)14-29-16-9-11-22-19(12-16)18-6-4-5-7-21(18)30-22/h8-13H,4-7,14H2,1-3H3,(H,24,26). The minimum atomic E-state index is -3.59. The first-order valence-corrected chi connectivity index (χ1v) is 11.7. The van der Waals surface area contributed by atoms with Crippen LogP contribution in [0, 0.1) is 6.92 Å². The first-order chi connectivity index (χ1) is 14.8. The number of hydrogen-bond donors (Lipinski definition) is 1. The molecule has 0 atom stereocenters. The second kappa shape index (κ2) is 8.36. The summed E-state index contributed by atoms with van der Waals surface area (Å²) in [5.74, 6) is 1.29.